The smallest absolute Gasteiger partial charge is 0.223 e. The van der Waals surface area contributed by atoms with Crippen molar-refractivity contribution < 1.29 is 4.79 Å². The molecule has 0 aliphatic carbocycles. The number of rotatable bonds is 7. The maximum atomic E-state index is 12.8. The van der Waals surface area contributed by atoms with Gasteiger partial charge in [0.1, 0.15) is 5.82 Å². The van der Waals surface area contributed by atoms with Gasteiger partial charge in [-0.3, -0.25) is 15.0 Å². The van der Waals surface area contributed by atoms with Crippen LogP contribution in [0.2, 0.25) is 0 Å². The average Bonchev–Trinajstić information content (AvgIpc) is 3.09. The Hall–Kier alpha value is -3.02. The van der Waals surface area contributed by atoms with E-state index in [0.717, 1.165) is 23.5 Å². The Morgan fingerprint density at radius 3 is 2.96 bits per heavy atom. The van der Waals surface area contributed by atoms with Crippen LogP contribution in [0.3, 0.4) is 0 Å². The normalized spacial score (nSPS) is 19.6. The van der Waals surface area contributed by atoms with Gasteiger partial charge >= 0.3 is 0 Å². The number of terminal acetylenes is 1. The van der Waals surface area contributed by atoms with Gasteiger partial charge in [0.05, 0.1) is 17.8 Å². The lowest BCUT2D eigenvalue weighted by Gasteiger charge is -2.31. The van der Waals surface area contributed by atoms with Gasteiger partial charge in [-0.25, -0.2) is 4.98 Å². The molecule has 9 nitrogen and oxygen atoms in total. The number of fused-ring (bicyclic) bond motifs is 1. The number of carbonyl (C=O) groups excluding carboxylic acids is 1. The highest BCUT2D eigenvalue weighted by molar-refractivity contribution is 5.76. The van der Waals surface area contributed by atoms with Gasteiger partial charge in [-0.05, 0) is 0 Å². The largest absolute Gasteiger partial charge is 0.337 e. The molecule has 0 aromatic carbocycles. The van der Waals surface area contributed by atoms with Gasteiger partial charge in [0.15, 0.2) is 11.5 Å². The fourth-order valence-electron chi connectivity index (χ4n) is 3.49. The molecule has 140 valence electrons. The summed E-state index contributed by atoms with van der Waals surface area (Å²) in [4.78, 5) is 19.2. The summed E-state index contributed by atoms with van der Waals surface area (Å²) in [5, 5.41) is 22.7. The number of H-pyrrole nitrogens is 2. The van der Waals surface area contributed by atoms with Crippen LogP contribution >= 0.6 is 0 Å². The van der Waals surface area contributed by atoms with Crippen molar-refractivity contribution >= 4 is 5.91 Å². The van der Waals surface area contributed by atoms with E-state index in [4.69, 9.17) is 6.42 Å². The lowest BCUT2D eigenvalue weighted by molar-refractivity contribution is -0.132. The third kappa shape index (κ3) is 3.47. The number of nitrogens with one attached hydrogen (secondary N) is 2. The van der Waals surface area contributed by atoms with Crippen molar-refractivity contribution in [1.82, 2.24) is 30.3 Å². The summed E-state index contributed by atoms with van der Waals surface area (Å²) in [6.07, 6.45) is 10.2. The predicted molar refractivity (Wildman–Crippen MR) is 96.5 cm³/mol. The zero-order valence-corrected chi connectivity index (χ0v) is 15.3. The minimum Gasteiger partial charge on any atom is -0.337 e. The van der Waals surface area contributed by atoms with Crippen LogP contribution in [-0.2, 0) is 17.8 Å². The fourth-order valence-corrected chi connectivity index (χ4v) is 3.49. The number of aryl methyl sites for hydroxylation is 1. The molecule has 0 spiro atoms. The molecular formula is C18H22N8O. The number of hydrogen-bond donors (Lipinski definition) is 2. The van der Waals surface area contributed by atoms with Crippen molar-refractivity contribution in [3.63, 3.8) is 0 Å². The lowest BCUT2D eigenvalue weighted by Crippen LogP contribution is -2.39. The first kappa shape index (κ1) is 17.4. The number of nitrogens with zero attached hydrogens (tertiary/aromatic N) is 6. The van der Waals surface area contributed by atoms with Crippen molar-refractivity contribution in [2.75, 3.05) is 6.54 Å². The van der Waals surface area contributed by atoms with E-state index in [1.807, 2.05) is 11.8 Å². The van der Waals surface area contributed by atoms with Crippen LogP contribution in [0.5, 0.6) is 0 Å². The Morgan fingerprint density at radius 2 is 2.26 bits per heavy atom. The third-order valence-electron chi connectivity index (χ3n) is 5.20. The standard InChI is InChI=1S/C18H22N8O/c1-3-5-7-18(24-25-18)8-6-15(27)26-10-12-9-19-22-16(12)13(11-26)17-20-14(4-2)21-23-17/h1,9,13H,4-8,10-11H2,2H3,(H,19,22)(H,20,21,23). The SMILES string of the molecule is C#CCCC1(CCC(=O)N2Cc3cn[nH]c3C(c3n[nH]c(CC)n3)C2)N=N1. The molecule has 4 heterocycles. The molecule has 1 atom stereocenters. The molecule has 2 aliphatic rings. The number of carbonyl (C=O) groups is 1. The average molecular weight is 366 g/mol. The molecule has 9 heteroatoms. The summed E-state index contributed by atoms with van der Waals surface area (Å²) in [6, 6.07) is 0. The Kier molecular flexibility index (Phi) is 4.48. The van der Waals surface area contributed by atoms with Gasteiger partial charge in [-0.1, -0.05) is 6.92 Å². The van der Waals surface area contributed by atoms with Gasteiger partial charge in [0.25, 0.3) is 0 Å². The molecule has 0 fully saturated rings. The first-order chi connectivity index (χ1) is 13.1. The molecule has 0 saturated carbocycles. The first-order valence-electron chi connectivity index (χ1n) is 9.23. The molecule has 0 bridgehead atoms. The Morgan fingerprint density at radius 1 is 1.41 bits per heavy atom. The van der Waals surface area contributed by atoms with Crippen molar-refractivity contribution in [3.8, 4) is 12.3 Å². The van der Waals surface area contributed by atoms with E-state index >= 15 is 0 Å². The van der Waals surface area contributed by atoms with E-state index in [-0.39, 0.29) is 11.8 Å². The summed E-state index contributed by atoms with van der Waals surface area (Å²) in [6.45, 7) is 3.09. The van der Waals surface area contributed by atoms with E-state index in [2.05, 4.69) is 41.5 Å². The van der Waals surface area contributed by atoms with Crippen molar-refractivity contribution in [1.29, 1.82) is 0 Å². The zero-order valence-electron chi connectivity index (χ0n) is 15.3. The topological polar surface area (TPSA) is 115 Å². The van der Waals surface area contributed by atoms with E-state index in [1.54, 1.807) is 6.20 Å². The Bertz CT molecular complexity index is 899. The van der Waals surface area contributed by atoms with Crippen LogP contribution in [0.1, 0.15) is 61.4 Å². The van der Waals surface area contributed by atoms with Gasteiger partial charge < -0.3 is 4.90 Å². The molecule has 0 radical (unpaired) electrons. The van der Waals surface area contributed by atoms with Gasteiger partial charge in [0, 0.05) is 50.8 Å². The lowest BCUT2D eigenvalue weighted by atomic mass is 9.95. The molecule has 1 unspecified atom stereocenters. The minimum absolute atomic E-state index is 0.0792. The molecule has 0 saturated heterocycles. The quantitative estimate of drug-likeness (QED) is 0.728. The summed E-state index contributed by atoms with van der Waals surface area (Å²) in [7, 11) is 0. The minimum atomic E-state index is -0.433. The molecule has 27 heavy (non-hydrogen) atoms. The summed E-state index contributed by atoms with van der Waals surface area (Å²) in [5.41, 5.74) is 1.56. The number of aromatic amines is 2. The van der Waals surface area contributed by atoms with E-state index in [9.17, 15) is 4.79 Å². The summed E-state index contributed by atoms with van der Waals surface area (Å²) < 4.78 is 0. The second-order valence-electron chi connectivity index (χ2n) is 7.02. The van der Waals surface area contributed by atoms with E-state index < -0.39 is 5.66 Å². The van der Waals surface area contributed by atoms with Gasteiger partial charge in [-0.15, -0.1) is 12.3 Å². The van der Waals surface area contributed by atoms with Crippen LogP contribution in [0, 0.1) is 12.3 Å². The number of aromatic nitrogens is 5. The highest BCUT2D eigenvalue weighted by atomic mass is 16.2. The third-order valence-corrected chi connectivity index (χ3v) is 5.20. The Balaban J connectivity index is 1.45. The van der Waals surface area contributed by atoms with Gasteiger partial charge in [-0.2, -0.15) is 20.4 Å². The summed E-state index contributed by atoms with van der Waals surface area (Å²) in [5.74, 6) is 4.10. The predicted octanol–water partition coefficient (Wildman–Crippen LogP) is 1.92. The van der Waals surface area contributed by atoms with Crippen LogP contribution in [0.25, 0.3) is 0 Å². The molecule has 4 rings (SSSR count). The summed E-state index contributed by atoms with van der Waals surface area (Å²) >= 11 is 0. The van der Waals surface area contributed by atoms with Crippen LogP contribution in [0.4, 0.5) is 0 Å². The highest BCUT2D eigenvalue weighted by Gasteiger charge is 2.40. The maximum absolute atomic E-state index is 12.8. The Labute approximate surface area is 157 Å². The van der Waals surface area contributed by atoms with E-state index in [0.29, 0.717) is 44.6 Å². The van der Waals surface area contributed by atoms with Crippen LogP contribution in [0.15, 0.2) is 16.4 Å². The van der Waals surface area contributed by atoms with Crippen LogP contribution < -0.4 is 0 Å². The molecule has 2 aromatic heterocycles. The second kappa shape index (κ2) is 6.95. The zero-order chi connectivity index (χ0) is 18.9. The second-order valence-corrected chi connectivity index (χ2v) is 7.02. The first-order valence-corrected chi connectivity index (χ1v) is 9.23. The molecular weight excluding hydrogens is 344 g/mol. The van der Waals surface area contributed by atoms with Crippen molar-refractivity contribution in [2.24, 2.45) is 10.2 Å². The maximum Gasteiger partial charge on any atom is 0.223 e. The fraction of sp³-hybridized carbons (Fsp3) is 0.556. The van der Waals surface area contributed by atoms with Crippen LogP contribution in [-0.4, -0.2) is 48.4 Å². The number of amides is 1. The molecule has 2 aliphatic heterocycles. The number of hydrogen-bond acceptors (Lipinski definition) is 6. The van der Waals surface area contributed by atoms with Gasteiger partial charge in [0.2, 0.25) is 5.91 Å². The molecule has 2 aromatic rings. The van der Waals surface area contributed by atoms with Crippen molar-refractivity contribution in [3.05, 3.63) is 29.1 Å². The highest BCUT2D eigenvalue weighted by Crippen LogP contribution is 2.38. The van der Waals surface area contributed by atoms with Crippen molar-refractivity contribution in [2.45, 2.75) is 57.2 Å². The molecule has 1 amide bonds. The monoisotopic (exact) mass is 366 g/mol. The van der Waals surface area contributed by atoms with E-state index in [1.165, 1.54) is 0 Å². The molecule has 2 N–H and O–H groups in total.